The van der Waals surface area contributed by atoms with Crippen molar-refractivity contribution in [1.29, 1.82) is 0 Å². The van der Waals surface area contributed by atoms with Gasteiger partial charge < -0.3 is 25.8 Å². The Bertz CT molecular complexity index is 1170. The molecule has 0 bridgehead atoms. The van der Waals surface area contributed by atoms with E-state index in [1.165, 1.54) is 11.8 Å². The average Bonchev–Trinajstić information content (AvgIpc) is 3.39. The number of β-lactam (4-membered cyclic amide) rings is 1. The summed E-state index contributed by atoms with van der Waals surface area (Å²) in [7, 11) is 1.85. The first-order valence-electron chi connectivity index (χ1n) is 9.79. The Kier molecular flexibility index (Phi) is 6.33. The normalized spacial score (nSPS) is 20.4. The highest BCUT2D eigenvalue weighted by Gasteiger charge is 2.53. The SMILES string of the molecule is CCON=C(C(=O)NC1C(=O)N2C(C(=O)[O-])=C(Cn3cc[n+](C)c3)CS[C@H]12)c1nsc(N)n1. The second-order valence-corrected chi connectivity index (χ2v) is 9.05. The Balaban J connectivity index is 1.53. The number of rotatable bonds is 8. The van der Waals surface area contributed by atoms with E-state index in [1.54, 1.807) is 19.4 Å². The van der Waals surface area contributed by atoms with Gasteiger partial charge in [-0.3, -0.25) is 14.5 Å². The number of hydrogen-bond acceptors (Lipinski definition) is 11. The third-order valence-corrected chi connectivity index (χ3v) is 6.76. The molecule has 4 rings (SSSR count). The van der Waals surface area contributed by atoms with Crippen LogP contribution in [-0.4, -0.2) is 66.1 Å². The molecule has 2 aromatic heterocycles. The lowest BCUT2D eigenvalue weighted by molar-refractivity contribution is -0.671. The predicted molar refractivity (Wildman–Crippen MR) is 115 cm³/mol. The molecule has 1 unspecified atom stereocenters. The maximum atomic E-state index is 12.9. The van der Waals surface area contributed by atoms with Gasteiger partial charge in [0.15, 0.2) is 5.13 Å². The van der Waals surface area contributed by atoms with Gasteiger partial charge in [0.05, 0.1) is 18.7 Å². The smallest absolute Gasteiger partial charge is 0.278 e. The molecular formula is C18H20N8O5S2. The van der Waals surface area contributed by atoms with Crippen LogP contribution in [0.15, 0.2) is 35.1 Å². The number of oxime groups is 1. The van der Waals surface area contributed by atoms with Gasteiger partial charge in [-0.1, -0.05) is 5.16 Å². The summed E-state index contributed by atoms with van der Waals surface area (Å²) in [4.78, 5) is 47.7. The van der Waals surface area contributed by atoms with Gasteiger partial charge in [0, 0.05) is 22.9 Å². The lowest BCUT2D eigenvalue weighted by atomic mass is 10.0. The number of nitrogens with two attached hydrogens (primary N) is 1. The molecule has 2 amide bonds. The molecule has 0 saturated carbocycles. The first-order valence-corrected chi connectivity index (χ1v) is 11.6. The van der Waals surface area contributed by atoms with Crippen molar-refractivity contribution in [3.8, 4) is 0 Å². The van der Waals surface area contributed by atoms with Gasteiger partial charge in [-0.05, 0) is 6.92 Å². The zero-order valence-corrected chi connectivity index (χ0v) is 19.3. The number of fused-ring (bicyclic) bond motifs is 1. The fourth-order valence-electron chi connectivity index (χ4n) is 3.46. The molecule has 4 heterocycles. The molecule has 1 saturated heterocycles. The van der Waals surface area contributed by atoms with Gasteiger partial charge >= 0.3 is 0 Å². The van der Waals surface area contributed by atoms with Crippen molar-refractivity contribution < 1.29 is 28.9 Å². The van der Waals surface area contributed by atoms with Gasteiger partial charge in [0.25, 0.3) is 11.8 Å². The number of aryl methyl sites for hydroxylation is 1. The number of carbonyl (C=O) groups excluding carboxylic acids is 3. The molecule has 0 aromatic carbocycles. The van der Waals surface area contributed by atoms with Crippen molar-refractivity contribution >= 4 is 51.9 Å². The number of anilines is 1. The van der Waals surface area contributed by atoms with E-state index >= 15 is 0 Å². The number of thioether (sulfide) groups is 1. The Morgan fingerprint density at radius 1 is 1.48 bits per heavy atom. The number of carboxylic acids is 1. The molecule has 0 radical (unpaired) electrons. The van der Waals surface area contributed by atoms with Crippen molar-refractivity contribution in [2.45, 2.75) is 24.9 Å². The summed E-state index contributed by atoms with van der Waals surface area (Å²) in [5.74, 6) is -2.40. The van der Waals surface area contributed by atoms with Gasteiger partial charge in [-0.15, -0.1) is 11.8 Å². The molecule has 2 aromatic rings. The number of aromatic nitrogens is 4. The van der Waals surface area contributed by atoms with Gasteiger partial charge in [-0.2, -0.15) is 9.36 Å². The van der Waals surface area contributed by atoms with E-state index in [4.69, 9.17) is 10.6 Å². The van der Waals surface area contributed by atoms with Crippen LogP contribution in [-0.2, 0) is 32.8 Å². The fraction of sp³-hybridized carbons (Fsp3) is 0.389. The van der Waals surface area contributed by atoms with Crippen LogP contribution < -0.4 is 20.7 Å². The Hall–Kier alpha value is -3.46. The molecule has 2 aliphatic heterocycles. The van der Waals surface area contributed by atoms with E-state index in [1.807, 2.05) is 22.4 Å². The minimum atomic E-state index is -1.44. The van der Waals surface area contributed by atoms with Crippen molar-refractivity contribution in [2.75, 3.05) is 18.1 Å². The Labute approximate surface area is 196 Å². The first kappa shape index (κ1) is 22.7. The van der Waals surface area contributed by atoms with E-state index in [0.717, 1.165) is 16.4 Å². The number of aliphatic carboxylic acids is 1. The van der Waals surface area contributed by atoms with Crippen molar-refractivity contribution in [3.63, 3.8) is 0 Å². The Morgan fingerprint density at radius 2 is 2.27 bits per heavy atom. The zero-order chi connectivity index (χ0) is 23.7. The van der Waals surface area contributed by atoms with E-state index in [9.17, 15) is 19.5 Å². The van der Waals surface area contributed by atoms with E-state index in [2.05, 4.69) is 19.8 Å². The third-order valence-electron chi connectivity index (χ3n) is 4.88. The van der Waals surface area contributed by atoms with Crippen LogP contribution in [0.4, 0.5) is 5.13 Å². The van der Waals surface area contributed by atoms with E-state index in [-0.39, 0.29) is 29.0 Å². The van der Waals surface area contributed by atoms with E-state index < -0.39 is 29.2 Å². The summed E-state index contributed by atoms with van der Waals surface area (Å²) in [5.41, 5.74) is 5.75. The van der Waals surface area contributed by atoms with Crippen LogP contribution in [0.3, 0.4) is 0 Å². The lowest BCUT2D eigenvalue weighted by Crippen LogP contribution is -2.71. The summed E-state index contributed by atoms with van der Waals surface area (Å²) < 4.78 is 7.60. The van der Waals surface area contributed by atoms with E-state index in [0.29, 0.717) is 17.9 Å². The second kappa shape index (κ2) is 9.19. The minimum absolute atomic E-state index is 0.0270. The molecule has 2 aliphatic rings. The molecule has 174 valence electrons. The number of nitrogens with zero attached hydrogens (tertiary/aromatic N) is 6. The average molecular weight is 493 g/mol. The molecule has 33 heavy (non-hydrogen) atoms. The molecule has 2 atom stereocenters. The third kappa shape index (κ3) is 4.41. The molecule has 13 nitrogen and oxygen atoms in total. The zero-order valence-electron chi connectivity index (χ0n) is 17.6. The highest BCUT2D eigenvalue weighted by Crippen LogP contribution is 2.40. The van der Waals surface area contributed by atoms with Crippen LogP contribution in [0.25, 0.3) is 0 Å². The predicted octanol–water partition coefficient (Wildman–Crippen LogP) is -2.41. The summed E-state index contributed by atoms with van der Waals surface area (Å²) in [5, 5.41) is 17.8. The standard InChI is InChI=1S/C18H20N8O5S2/c1-3-31-22-10(13-21-18(19)33-23-13)14(27)20-11-15(28)26-12(17(29)30)9(7-32-16(11)26)6-25-5-4-24(2)8-25/h4-5,8,11,16H,3,6-7H2,1-2H3,(H3-,19,20,21,23,27,29,30)/t11?,16-/m1/s1. The van der Waals surface area contributed by atoms with Crippen molar-refractivity contribution in [1.82, 2.24) is 24.1 Å². The second-order valence-electron chi connectivity index (χ2n) is 7.17. The Morgan fingerprint density at radius 3 is 2.88 bits per heavy atom. The van der Waals surface area contributed by atoms with Crippen molar-refractivity contribution in [2.24, 2.45) is 12.2 Å². The summed E-state index contributed by atoms with van der Waals surface area (Å²) in [6.45, 7) is 2.19. The lowest BCUT2D eigenvalue weighted by Gasteiger charge is -2.50. The molecule has 3 N–H and O–H groups in total. The quantitative estimate of drug-likeness (QED) is 0.176. The molecule has 1 fully saturated rings. The van der Waals surface area contributed by atoms with Crippen LogP contribution in [0.5, 0.6) is 0 Å². The number of nitrogen functional groups attached to an aromatic ring is 1. The number of nitrogens with one attached hydrogen (secondary N) is 1. The number of imidazole rings is 1. The number of carbonyl (C=O) groups is 3. The maximum absolute atomic E-state index is 12.9. The first-order chi connectivity index (χ1) is 15.8. The highest BCUT2D eigenvalue weighted by molar-refractivity contribution is 8.00. The van der Waals surface area contributed by atoms with Gasteiger partial charge in [0.2, 0.25) is 17.9 Å². The largest absolute Gasteiger partial charge is 0.543 e. The maximum Gasteiger partial charge on any atom is 0.278 e. The number of hydrogen-bond donors (Lipinski definition) is 2. The topological polar surface area (TPSA) is 172 Å². The number of amides is 2. The summed E-state index contributed by atoms with van der Waals surface area (Å²) in [6, 6.07) is -0.953. The van der Waals surface area contributed by atoms with Crippen LogP contribution in [0, 0.1) is 0 Å². The van der Waals surface area contributed by atoms with Gasteiger partial charge in [0.1, 0.15) is 37.0 Å². The minimum Gasteiger partial charge on any atom is -0.543 e. The van der Waals surface area contributed by atoms with Gasteiger partial charge in [-0.25, -0.2) is 9.13 Å². The monoisotopic (exact) mass is 492 g/mol. The van der Waals surface area contributed by atoms with Crippen LogP contribution >= 0.6 is 23.3 Å². The summed E-state index contributed by atoms with van der Waals surface area (Å²) >= 11 is 2.24. The molecule has 15 heteroatoms. The summed E-state index contributed by atoms with van der Waals surface area (Å²) in [6.07, 6.45) is 5.43. The van der Waals surface area contributed by atoms with Crippen LogP contribution in [0.1, 0.15) is 12.7 Å². The number of carboxylic acid groups (broad SMARTS) is 1. The van der Waals surface area contributed by atoms with Crippen molar-refractivity contribution in [3.05, 3.63) is 35.8 Å². The molecule has 0 aliphatic carbocycles. The van der Waals surface area contributed by atoms with Crippen LogP contribution in [0.2, 0.25) is 0 Å². The molecule has 0 spiro atoms. The fourth-order valence-corrected chi connectivity index (χ4v) is 5.23. The molecular weight excluding hydrogens is 472 g/mol. The highest BCUT2D eigenvalue weighted by atomic mass is 32.2.